The van der Waals surface area contributed by atoms with Crippen LogP contribution in [-0.4, -0.2) is 73.3 Å². The number of piperazine rings is 1. The molecule has 2 bridgehead atoms. The second kappa shape index (κ2) is 9.52. The lowest BCUT2D eigenvalue weighted by Crippen LogP contribution is -2.56. The van der Waals surface area contributed by atoms with Crippen molar-refractivity contribution >= 4 is 39.7 Å². The summed E-state index contributed by atoms with van der Waals surface area (Å²) in [4.78, 5) is 51.5. The number of aromatic amines is 1. The molecule has 0 spiro atoms. The Morgan fingerprint density at radius 2 is 1.82 bits per heavy atom. The average molecular weight is 531 g/mol. The van der Waals surface area contributed by atoms with Crippen LogP contribution in [0.15, 0.2) is 48.5 Å². The van der Waals surface area contributed by atoms with Gasteiger partial charge in [-0.2, -0.15) is 0 Å². The van der Waals surface area contributed by atoms with E-state index in [0.29, 0.717) is 42.8 Å². The summed E-state index contributed by atoms with van der Waals surface area (Å²) in [5.74, 6) is -0.563. The van der Waals surface area contributed by atoms with Crippen LogP contribution in [0, 0.1) is 11.7 Å². The molecule has 3 amide bonds. The van der Waals surface area contributed by atoms with Gasteiger partial charge in [0.2, 0.25) is 5.91 Å². The number of carbonyl (C=O) groups is 3. The summed E-state index contributed by atoms with van der Waals surface area (Å²) in [6.07, 6.45) is 1.19. The number of nitrogens with zero attached hydrogens (tertiary/aromatic N) is 4. The van der Waals surface area contributed by atoms with E-state index in [1.165, 1.54) is 12.1 Å². The first-order chi connectivity index (χ1) is 18.7. The van der Waals surface area contributed by atoms with Gasteiger partial charge in [-0.25, -0.2) is 9.37 Å². The number of nitrogens with one attached hydrogen (secondary N) is 2. The Balaban J connectivity index is 1.16. The maximum atomic E-state index is 13.7. The standard InChI is InChI=1S/C29H31FN6O3/c1-16(2)10-23(33-27(37)25-12-17-11-18(30)8-9-24(17)34(25)3)28(38)35-14-20-13-19(35)15-36(20)29(39)26-31-21-6-4-5-7-22(21)32-26/h4-9,11-12,16,19-20,23H,10,13-15H2,1-3H3,(H,31,32)(H,33,37). The van der Waals surface area contributed by atoms with Crippen LogP contribution in [0.3, 0.4) is 0 Å². The molecule has 202 valence electrons. The van der Waals surface area contributed by atoms with Crippen LogP contribution in [0.2, 0.25) is 0 Å². The third-order valence-electron chi connectivity index (χ3n) is 7.92. The highest BCUT2D eigenvalue weighted by molar-refractivity contribution is 6.01. The van der Waals surface area contributed by atoms with Crippen LogP contribution in [-0.2, 0) is 11.8 Å². The number of halogens is 1. The number of aryl methyl sites for hydroxylation is 1. The van der Waals surface area contributed by atoms with Gasteiger partial charge in [-0.05, 0) is 55.2 Å². The summed E-state index contributed by atoms with van der Waals surface area (Å²) in [6.45, 7) is 4.88. The Morgan fingerprint density at radius 1 is 1.08 bits per heavy atom. The molecule has 2 fully saturated rings. The number of H-pyrrole nitrogens is 1. The molecule has 10 heteroatoms. The van der Waals surface area contributed by atoms with Crippen molar-refractivity contribution in [2.75, 3.05) is 13.1 Å². The van der Waals surface area contributed by atoms with E-state index >= 15 is 0 Å². The number of para-hydroxylation sites is 2. The molecular weight excluding hydrogens is 499 g/mol. The molecule has 3 unspecified atom stereocenters. The molecule has 4 heterocycles. The Kier molecular flexibility index (Phi) is 6.12. The summed E-state index contributed by atoms with van der Waals surface area (Å²) < 4.78 is 15.4. The Bertz CT molecular complexity index is 1570. The zero-order chi connectivity index (χ0) is 27.4. The lowest BCUT2D eigenvalue weighted by Gasteiger charge is -2.36. The summed E-state index contributed by atoms with van der Waals surface area (Å²) in [5.41, 5.74) is 2.65. The van der Waals surface area contributed by atoms with E-state index in [4.69, 9.17) is 0 Å². The van der Waals surface area contributed by atoms with Crippen molar-refractivity contribution in [2.24, 2.45) is 13.0 Å². The number of aromatic nitrogens is 3. The number of likely N-dealkylation sites (tertiary alicyclic amines) is 2. The first-order valence-corrected chi connectivity index (χ1v) is 13.3. The van der Waals surface area contributed by atoms with Crippen molar-refractivity contribution in [2.45, 2.75) is 44.8 Å². The maximum Gasteiger partial charge on any atom is 0.290 e. The number of hydrogen-bond acceptors (Lipinski definition) is 4. The molecule has 2 saturated heterocycles. The molecule has 4 aromatic rings. The molecule has 2 aliphatic heterocycles. The Morgan fingerprint density at radius 3 is 2.54 bits per heavy atom. The number of rotatable bonds is 6. The molecule has 2 N–H and O–H groups in total. The van der Waals surface area contributed by atoms with Gasteiger partial charge in [-0.3, -0.25) is 14.4 Å². The van der Waals surface area contributed by atoms with Gasteiger partial charge < -0.3 is 24.7 Å². The van der Waals surface area contributed by atoms with E-state index in [-0.39, 0.29) is 41.5 Å². The number of carbonyl (C=O) groups excluding carboxylic acids is 3. The topological polar surface area (TPSA) is 103 Å². The number of fused-ring (bicyclic) bond motifs is 4. The van der Waals surface area contributed by atoms with Gasteiger partial charge in [0, 0.05) is 31.0 Å². The zero-order valence-corrected chi connectivity index (χ0v) is 22.1. The number of imidazole rings is 1. The molecule has 2 aromatic heterocycles. The molecule has 39 heavy (non-hydrogen) atoms. The zero-order valence-electron chi connectivity index (χ0n) is 22.1. The van der Waals surface area contributed by atoms with E-state index in [0.717, 1.165) is 16.6 Å². The highest BCUT2D eigenvalue weighted by Crippen LogP contribution is 2.33. The third kappa shape index (κ3) is 4.43. The predicted octanol–water partition coefficient (Wildman–Crippen LogP) is 3.46. The minimum Gasteiger partial charge on any atom is -0.340 e. The van der Waals surface area contributed by atoms with E-state index in [2.05, 4.69) is 15.3 Å². The average Bonchev–Trinajstić information content (AvgIpc) is 3.68. The van der Waals surface area contributed by atoms with E-state index in [9.17, 15) is 18.8 Å². The minimum atomic E-state index is -0.703. The highest BCUT2D eigenvalue weighted by Gasteiger charge is 2.49. The van der Waals surface area contributed by atoms with Crippen molar-refractivity contribution in [1.82, 2.24) is 29.7 Å². The molecule has 3 atom stereocenters. The quantitative estimate of drug-likeness (QED) is 0.399. The lowest BCUT2D eigenvalue weighted by molar-refractivity contribution is -0.135. The maximum absolute atomic E-state index is 13.7. The second-order valence-electron chi connectivity index (χ2n) is 11.0. The summed E-state index contributed by atoms with van der Waals surface area (Å²) in [7, 11) is 1.75. The van der Waals surface area contributed by atoms with Crippen molar-refractivity contribution in [3.8, 4) is 0 Å². The first kappa shape index (κ1) is 25.1. The molecular formula is C29H31FN6O3. The Labute approximate surface area is 225 Å². The van der Waals surface area contributed by atoms with Crippen molar-refractivity contribution in [3.63, 3.8) is 0 Å². The van der Waals surface area contributed by atoms with Crippen molar-refractivity contribution in [1.29, 1.82) is 0 Å². The highest BCUT2D eigenvalue weighted by atomic mass is 19.1. The van der Waals surface area contributed by atoms with Crippen LogP contribution < -0.4 is 5.32 Å². The molecule has 0 aliphatic carbocycles. The van der Waals surface area contributed by atoms with Crippen LogP contribution in [0.5, 0.6) is 0 Å². The largest absolute Gasteiger partial charge is 0.340 e. The molecule has 9 nitrogen and oxygen atoms in total. The fourth-order valence-electron chi connectivity index (χ4n) is 6.04. The van der Waals surface area contributed by atoms with Crippen LogP contribution in [0.4, 0.5) is 4.39 Å². The summed E-state index contributed by atoms with van der Waals surface area (Å²) in [5, 5.41) is 3.58. The third-order valence-corrected chi connectivity index (χ3v) is 7.92. The van der Waals surface area contributed by atoms with Crippen LogP contribution >= 0.6 is 0 Å². The summed E-state index contributed by atoms with van der Waals surface area (Å²) >= 11 is 0. The van der Waals surface area contributed by atoms with Gasteiger partial charge in [0.25, 0.3) is 11.8 Å². The SMILES string of the molecule is CC(C)CC(NC(=O)c1cc2cc(F)ccc2n1C)C(=O)N1CC2CC1CN2C(=O)c1nc2ccccc2[nH]1. The molecule has 2 aromatic carbocycles. The molecule has 0 saturated carbocycles. The van der Waals surface area contributed by atoms with Crippen molar-refractivity contribution in [3.05, 3.63) is 65.9 Å². The van der Waals surface area contributed by atoms with Gasteiger partial charge in [-0.15, -0.1) is 0 Å². The van der Waals surface area contributed by atoms with Crippen LogP contribution in [0.1, 0.15) is 47.8 Å². The minimum absolute atomic E-state index is 0.0943. The van der Waals surface area contributed by atoms with Gasteiger partial charge in [0.05, 0.1) is 23.1 Å². The number of benzene rings is 2. The molecule has 2 aliphatic rings. The monoisotopic (exact) mass is 530 g/mol. The van der Waals surface area contributed by atoms with E-state index < -0.39 is 6.04 Å². The van der Waals surface area contributed by atoms with Gasteiger partial charge >= 0.3 is 0 Å². The van der Waals surface area contributed by atoms with E-state index in [1.807, 2.05) is 43.0 Å². The van der Waals surface area contributed by atoms with Gasteiger partial charge in [0.1, 0.15) is 17.6 Å². The Hall–Kier alpha value is -4.21. The fourth-order valence-corrected chi connectivity index (χ4v) is 6.04. The summed E-state index contributed by atoms with van der Waals surface area (Å²) in [6, 6.07) is 12.6. The molecule has 0 radical (unpaired) electrons. The van der Waals surface area contributed by atoms with Crippen molar-refractivity contribution < 1.29 is 18.8 Å². The second-order valence-corrected chi connectivity index (χ2v) is 11.0. The van der Waals surface area contributed by atoms with Gasteiger partial charge in [-0.1, -0.05) is 26.0 Å². The molecule has 6 rings (SSSR count). The van der Waals surface area contributed by atoms with E-state index in [1.54, 1.807) is 28.6 Å². The lowest BCUT2D eigenvalue weighted by atomic mass is 10.0. The smallest absolute Gasteiger partial charge is 0.290 e. The van der Waals surface area contributed by atoms with Gasteiger partial charge in [0.15, 0.2) is 5.82 Å². The normalized spacial score (nSPS) is 19.4. The number of hydrogen-bond donors (Lipinski definition) is 2. The van der Waals surface area contributed by atoms with Crippen LogP contribution in [0.25, 0.3) is 21.9 Å². The number of amides is 3. The first-order valence-electron chi connectivity index (χ1n) is 13.3. The predicted molar refractivity (Wildman–Crippen MR) is 145 cm³/mol. The fraction of sp³-hybridized carbons (Fsp3) is 0.379.